The molecule has 1 N–H and O–H groups in total. The van der Waals surface area contributed by atoms with Crippen molar-refractivity contribution < 1.29 is 4.79 Å². The van der Waals surface area contributed by atoms with Gasteiger partial charge in [-0.05, 0) is 26.0 Å². The van der Waals surface area contributed by atoms with Gasteiger partial charge in [-0.1, -0.05) is 11.6 Å². The quantitative estimate of drug-likeness (QED) is 0.874. The van der Waals surface area contributed by atoms with Gasteiger partial charge >= 0.3 is 5.69 Å². The number of aromatic amines is 1. The fourth-order valence-electron chi connectivity index (χ4n) is 2.18. The predicted molar refractivity (Wildman–Crippen MR) is 77.0 cm³/mol. The van der Waals surface area contributed by atoms with Crippen molar-refractivity contribution in [1.29, 1.82) is 0 Å². The van der Waals surface area contributed by atoms with E-state index in [-0.39, 0.29) is 5.91 Å². The highest BCUT2D eigenvalue weighted by atomic mass is 16.2. The largest absolute Gasteiger partial charge is 0.347 e. The van der Waals surface area contributed by atoms with Crippen molar-refractivity contribution in [3.63, 3.8) is 0 Å². The summed E-state index contributed by atoms with van der Waals surface area (Å²) in [6.07, 6.45) is 0. The number of likely N-dealkylation sites (N-methyl/N-ethyl adjacent to an activating group) is 1. The standard InChI is InChI=1S/C14H17N3O3/c1-8-5-6-11-10(7-8)13(19)17(14(20)15-11)9(2)12(18)16(3)4/h5-7,9H,1-4H3,(H,15,20). The zero-order valence-electron chi connectivity index (χ0n) is 11.9. The van der Waals surface area contributed by atoms with Gasteiger partial charge in [0.05, 0.1) is 10.9 Å². The van der Waals surface area contributed by atoms with E-state index in [4.69, 9.17) is 0 Å². The maximum atomic E-state index is 12.4. The Balaban J connectivity index is 2.74. The summed E-state index contributed by atoms with van der Waals surface area (Å²) in [4.78, 5) is 40.4. The Kier molecular flexibility index (Phi) is 3.48. The lowest BCUT2D eigenvalue weighted by atomic mass is 10.1. The van der Waals surface area contributed by atoms with Gasteiger partial charge in [0.2, 0.25) is 5.91 Å². The third-order valence-corrected chi connectivity index (χ3v) is 3.27. The van der Waals surface area contributed by atoms with Crippen LogP contribution in [-0.2, 0) is 4.79 Å². The van der Waals surface area contributed by atoms with Gasteiger partial charge in [0.15, 0.2) is 0 Å². The molecule has 6 nitrogen and oxygen atoms in total. The predicted octanol–water partition coefficient (Wildman–Crippen LogP) is 0.647. The van der Waals surface area contributed by atoms with Crippen molar-refractivity contribution >= 4 is 16.8 Å². The monoisotopic (exact) mass is 275 g/mol. The first-order valence-electron chi connectivity index (χ1n) is 6.29. The van der Waals surface area contributed by atoms with Gasteiger partial charge in [-0.2, -0.15) is 0 Å². The lowest BCUT2D eigenvalue weighted by Gasteiger charge is -2.18. The first kappa shape index (κ1) is 14.0. The molecule has 6 heteroatoms. The van der Waals surface area contributed by atoms with Gasteiger partial charge in [-0.15, -0.1) is 0 Å². The first-order valence-corrected chi connectivity index (χ1v) is 6.29. The first-order chi connectivity index (χ1) is 9.32. The fourth-order valence-corrected chi connectivity index (χ4v) is 2.18. The Bertz CT molecular complexity index is 786. The van der Waals surface area contributed by atoms with Crippen molar-refractivity contribution in [3.8, 4) is 0 Å². The van der Waals surface area contributed by atoms with Gasteiger partial charge < -0.3 is 9.88 Å². The number of nitrogens with zero attached hydrogens (tertiary/aromatic N) is 2. The minimum Gasteiger partial charge on any atom is -0.347 e. The van der Waals surface area contributed by atoms with Crippen molar-refractivity contribution in [1.82, 2.24) is 14.5 Å². The molecular formula is C14H17N3O3. The number of nitrogens with one attached hydrogen (secondary N) is 1. The number of H-pyrrole nitrogens is 1. The third kappa shape index (κ3) is 2.24. The second kappa shape index (κ2) is 4.96. The number of aromatic nitrogens is 2. The van der Waals surface area contributed by atoms with E-state index in [1.807, 2.05) is 13.0 Å². The minimum atomic E-state index is -0.842. The number of benzene rings is 1. The molecule has 0 aliphatic heterocycles. The van der Waals surface area contributed by atoms with Crippen molar-refractivity contribution in [2.75, 3.05) is 14.1 Å². The molecule has 1 aromatic heterocycles. The van der Waals surface area contributed by atoms with Crippen LogP contribution in [0.4, 0.5) is 0 Å². The molecule has 1 unspecified atom stereocenters. The van der Waals surface area contributed by atoms with Crippen molar-refractivity contribution in [2.24, 2.45) is 0 Å². The Labute approximate surface area is 115 Å². The molecule has 0 bridgehead atoms. The Morgan fingerprint density at radius 2 is 1.95 bits per heavy atom. The second-order valence-corrected chi connectivity index (χ2v) is 5.06. The number of fused-ring (bicyclic) bond motifs is 1. The molecule has 1 heterocycles. The number of carbonyl (C=O) groups is 1. The normalized spacial score (nSPS) is 12.4. The maximum Gasteiger partial charge on any atom is 0.329 e. The summed E-state index contributed by atoms with van der Waals surface area (Å²) in [5, 5.41) is 0.406. The Morgan fingerprint density at radius 3 is 2.55 bits per heavy atom. The number of aryl methyl sites for hydroxylation is 1. The molecule has 1 aromatic carbocycles. The van der Waals surface area contributed by atoms with Crippen LogP contribution in [0.25, 0.3) is 10.9 Å². The van der Waals surface area contributed by atoms with Crippen LogP contribution in [0.3, 0.4) is 0 Å². The molecule has 0 spiro atoms. The van der Waals surface area contributed by atoms with Crippen LogP contribution in [0.1, 0.15) is 18.5 Å². The van der Waals surface area contributed by atoms with E-state index in [2.05, 4.69) is 4.98 Å². The molecule has 2 aromatic rings. The smallest absolute Gasteiger partial charge is 0.329 e. The molecule has 2 rings (SSSR count). The number of amides is 1. The van der Waals surface area contributed by atoms with E-state index in [1.165, 1.54) is 4.90 Å². The van der Waals surface area contributed by atoms with Crippen molar-refractivity contribution in [3.05, 3.63) is 44.6 Å². The van der Waals surface area contributed by atoms with E-state index < -0.39 is 17.3 Å². The Morgan fingerprint density at radius 1 is 1.30 bits per heavy atom. The van der Waals surface area contributed by atoms with Crippen LogP contribution < -0.4 is 11.2 Å². The molecule has 20 heavy (non-hydrogen) atoms. The minimum absolute atomic E-state index is 0.301. The van der Waals surface area contributed by atoms with Gasteiger partial charge in [0, 0.05) is 14.1 Å². The number of rotatable bonds is 2. The van der Waals surface area contributed by atoms with Crippen LogP contribution in [0.15, 0.2) is 27.8 Å². The van der Waals surface area contributed by atoms with E-state index in [1.54, 1.807) is 33.2 Å². The van der Waals surface area contributed by atoms with E-state index in [9.17, 15) is 14.4 Å². The number of hydrogen-bond acceptors (Lipinski definition) is 3. The van der Waals surface area contributed by atoms with E-state index >= 15 is 0 Å². The summed E-state index contributed by atoms with van der Waals surface area (Å²) in [7, 11) is 3.17. The fraction of sp³-hybridized carbons (Fsp3) is 0.357. The molecule has 0 saturated carbocycles. The Hall–Kier alpha value is -2.37. The molecule has 106 valence electrons. The highest BCUT2D eigenvalue weighted by Gasteiger charge is 2.21. The third-order valence-electron chi connectivity index (χ3n) is 3.27. The maximum absolute atomic E-state index is 12.4. The molecule has 0 aliphatic carbocycles. The summed E-state index contributed by atoms with van der Waals surface area (Å²) in [6, 6.07) is 4.37. The highest BCUT2D eigenvalue weighted by Crippen LogP contribution is 2.10. The summed E-state index contributed by atoms with van der Waals surface area (Å²) in [5.74, 6) is -0.301. The number of hydrogen-bond donors (Lipinski definition) is 1. The van der Waals surface area contributed by atoms with Crippen LogP contribution in [0, 0.1) is 6.92 Å². The summed E-state index contributed by atoms with van der Waals surface area (Å²) < 4.78 is 0.962. The summed E-state index contributed by atoms with van der Waals surface area (Å²) >= 11 is 0. The molecule has 1 amide bonds. The van der Waals surface area contributed by atoms with E-state index in [0.717, 1.165) is 10.1 Å². The average Bonchev–Trinajstić information content (AvgIpc) is 2.38. The zero-order valence-corrected chi connectivity index (χ0v) is 11.9. The summed E-state index contributed by atoms with van der Waals surface area (Å²) in [5.41, 5.74) is 0.371. The van der Waals surface area contributed by atoms with Crippen LogP contribution in [0.5, 0.6) is 0 Å². The molecule has 0 aliphatic rings. The molecule has 1 atom stereocenters. The highest BCUT2D eigenvalue weighted by molar-refractivity contribution is 5.81. The number of carbonyl (C=O) groups excluding carboxylic acids is 1. The van der Waals surface area contributed by atoms with Gasteiger partial charge in [-0.25, -0.2) is 9.36 Å². The van der Waals surface area contributed by atoms with Gasteiger partial charge in [0.1, 0.15) is 6.04 Å². The SMILES string of the molecule is Cc1ccc2[nH]c(=O)n(C(C)C(=O)N(C)C)c(=O)c2c1. The lowest BCUT2D eigenvalue weighted by Crippen LogP contribution is -2.43. The van der Waals surface area contributed by atoms with Gasteiger partial charge in [-0.3, -0.25) is 9.59 Å². The van der Waals surface area contributed by atoms with E-state index in [0.29, 0.717) is 10.9 Å². The zero-order chi connectivity index (χ0) is 15.0. The van der Waals surface area contributed by atoms with Gasteiger partial charge in [0.25, 0.3) is 5.56 Å². The average molecular weight is 275 g/mol. The molecular weight excluding hydrogens is 258 g/mol. The molecule has 0 radical (unpaired) electrons. The second-order valence-electron chi connectivity index (χ2n) is 5.06. The lowest BCUT2D eigenvalue weighted by molar-refractivity contribution is -0.131. The van der Waals surface area contributed by atoms with Crippen molar-refractivity contribution in [2.45, 2.75) is 19.9 Å². The summed E-state index contributed by atoms with van der Waals surface area (Å²) in [6.45, 7) is 3.41. The molecule has 0 saturated heterocycles. The van der Waals surface area contributed by atoms with Crippen LogP contribution in [-0.4, -0.2) is 34.5 Å². The molecule has 0 fully saturated rings. The van der Waals surface area contributed by atoms with Crippen LogP contribution >= 0.6 is 0 Å². The topological polar surface area (TPSA) is 75.2 Å². The van der Waals surface area contributed by atoms with Crippen LogP contribution in [0.2, 0.25) is 0 Å².